The smallest absolute Gasteiger partial charge is 0.222 e. The van der Waals surface area contributed by atoms with E-state index in [1.54, 1.807) is 0 Å². The molecule has 1 saturated heterocycles. The molecule has 1 aliphatic heterocycles. The van der Waals surface area contributed by atoms with Crippen LogP contribution >= 0.6 is 0 Å². The van der Waals surface area contributed by atoms with E-state index in [9.17, 15) is 9.90 Å². The third kappa shape index (κ3) is 3.69. The summed E-state index contributed by atoms with van der Waals surface area (Å²) in [5, 5.41) is 9.49. The fourth-order valence-corrected chi connectivity index (χ4v) is 2.99. The van der Waals surface area contributed by atoms with Gasteiger partial charge < -0.3 is 14.7 Å². The predicted octanol–water partition coefficient (Wildman–Crippen LogP) is 1.56. The summed E-state index contributed by atoms with van der Waals surface area (Å²) in [6.45, 7) is 1.61. The van der Waals surface area contributed by atoms with Gasteiger partial charge in [-0.15, -0.1) is 0 Å². The number of carbonyl (C=O) groups is 1. The highest BCUT2D eigenvalue weighted by Crippen LogP contribution is 2.25. The second-order valence-corrected chi connectivity index (χ2v) is 5.73. The number of nitrogens with zero attached hydrogens (tertiary/aromatic N) is 1. The fourth-order valence-electron chi connectivity index (χ4n) is 2.99. The van der Waals surface area contributed by atoms with Gasteiger partial charge in [0.1, 0.15) is 0 Å². The molecule has 0 aromatic carbocycles. The predicted molar refractivity (Wildman–Crippen MR) is 69.2 cm³/mol. The number of hydrogen-bond acceptors (Lipinski definition) is 3. The molecule has 0 atom stereocenters. The Kier molecular flexibility index (Phi) is 5.01. The van der Waals surface area contributed by atoms with Crippen molar-refractivity contribution in [3.63, 3.8) is 0 Å². The third-order valence-electron chi connectivity index (χ3n) is 4.41. The topological polar surface area (TPSA) is 49.8 Å². The van der Waals surface area contributed by atoms with Crippen LogP contribution in [0.25, 0.3) is 0 Å². The lowest BCUT2D eigenvalue weighted by atomic mass is 9.91. The van der Waals surface area contributed by atoms with Gasteiger partial charge in [0.15, 0.2) is 0 Å². The van der Waals surface area contributed by atoms with Crippen molar-refractivity contribution >= 4 is 5.91 Å². The molecule has 104 valence electrons. The van der Waals surface area contributed by atoms with Crippen LogP contribution in [0.3, 0.4) is 0 Å². The normalized spacial score (nSPS) is 30.1. The summed E-state index contributed by atoms with van der Waals surface area (Å²) < 4.78 is 5.32. The number of rotatable bonds is 3. The molecule has 0 spiro atoms. The Morgan fingerprint density at radius 2 is 1.78 bits per heavy atom. The van der Waals surface area contributed by atoms with Gasteiger partial charge in [0.05, 0.1) is 6.10 Å². The molecular formula is C14H25NO3. The fraction of sp³-hybridized carbons (Fsp3) is 0.929. The molecule has 1 heterocycles. The molecule has 0 aromatic heterocycles. The number of aliphatic hydroxyl groups excluding tert-OH is 1. The second kappa shape index (κ2) is 6.53. The molecule has 0 radical (unpaired) electrons. The van der Waals surface area contributed by atoms with E-state index < -0.39 is 0 Å². The SMILES string of the molecule is CN(C(=O)CC1CCOCC1)C1CCC(O)CC1. The first-order valence-corrected chi connectivity index (χ1v) is 7.18. The molecule has 2 rings (SSSR count). The molecule has 1 amide bonds. The van der Waals surface area contributed by atoms with Gasteiger partial charge in [0.25, 0.3) is 0 Å². The van der Waals surface area contributed by atoms with E-state index in [0.29, 0.717) is 18.4 Å². The Hall–Kier alpha value is -0.610. The average molecular weight is 255 g/mol. The van der Waals surface area contributed by atoms with Gasteiger partial charge in [-0.05, 0) is 44.4 Å². The number of carbonyl (C=O) groups excluding carboxylic acids is 1. The van der Waals surface area contributed by atoms with Crippen LogP contribution in [0, 0.1) is 5.92 Å². The summed E-state index contributed by atoms with van der Waals surface area (Å²) in [4.78, 5) is 14.1. The molecule has 2 aliphatic rings. The molecule has 0 bridgehead atoms. The zero-order valence-corrected chi connectivity index (χ0v) is 11.3. The highest BCUT2D eigenvalue weighted by atomic mass is 16.5. The Morgan fingerprint density at radius 1 is 1.17 bits per heavy atom. The minimum absolute atomic E-state index is 0.153. The summed E-state index contributed by atoms with van der Waals surface area (Å²) in [7, 11) is 1.92. The van der Waals surface area contributed by atoms with E-state index in [1.165, 1.54) is 0 Å². The number of hydrogen-bond donors (Lipinski definition) is 1. The minimum Gasteiger partial charge on any atom is -0.393 e. The first-order valence-electron chi connectivity index (χ1n) is 7.18. The van der Waals surface area contributed by atoms with Gasteiger partial charge in [-0.2, -0.15) is 0 Å². The molecule has 0 unspecified atom stereocenters. The summed E-state index contributed by atoms with van der Waals surface area (Å²) in [6, 6.07) is 0.334. The summed E-state index contributed by atoms with van der Waals surface area (Å²) in [6.07, 6.45) is 6.10. The van der Waals surface area contributed by atoms with E-state index in [0.717, 1.165) is 51.7 Å². The maximum absolute atomic E-state index is 12.2. The zero-order valence-electron chi connectivity index (χ0n) is 11.3. The molecule has 0 aromatic rings. The maximum Gasteiger partial charge on any atom is 0.222 e. The quantitative estimate of drug-likeness (QED) is 0.832. The van der Waals surface area contributed by atoms with E-state index in [4.69, 9.17) is 4.74 Å². The molecule has 18 heavy (non-hydrogen) atoms. The Morgan fingerprint density at radius 3 is 2.39 bits per heavy atom. The number of amides is 1. The van der Waals surface area contributed by atoms with Crippen LogP contribution in [0.15, 0.2) is 0 Å². The van der Waals surface area contributed by atoms with Crippen molar-refractivity contribution in [1.82, 2.24) is 4.90 Å². The van der Waals surface area contributed by atoms with Crippen molar-refractivity contribution < 1.29 is 14.6 Å². The minimum atomic E-state index is -0.153. The van der Waals surface area contributed by atoms with Crippen LogP contribution in [0.2, 0.25) is 0 Å². The van der Waals surface area contributed by atoms with E-state index in [-0.39, 0.29) is 12.0 Å². The van der Waals surface area contributed by atoms with Gasteiger partial charge in [0.2, 0.25) is 5.91 Å². The maximum atomic E-state index is 12.2. The van der Waals surface area contributed by atoms with Gasteiger partial charge in [0, 0.05) is 32.7 Å². The molecule has 4 nitrogen and oxygen atoms in total. The monoisotopic (exact) mass is 255 g/mol. The first kappa shape index (κ1) is 13.8. The van der Waals surface area contributed by atoms with Gasteiger partial charge >= 0.3 is 0 Å². The van der Waals surface area contributed by atoms with Crippen molar-refractivity contribution in [3.8, 4) is 0 Å². The van der Waals surface area contributed by atoms with Crippen LogP contribution in [-0.2, 0) is 9.53 Å². The highest BCUT2D eigenvalue weighted by Gasteiger charge is 2.27. The van der Waals surface area contributed by atoms with Gasteiger partial charge in [-0.25, -0.2) is 0 Å². The summed E-state index contributed by atoms with van der Waals surface area (Å²) >= 11 is 0. The van der Waals surface area contributed by atoms with Crippen molar-refractivity contribution in [2.75, 3.05) is 20.3 Å². The summed E-state index contributed by atoms with van der Waals surface area (Å²) in [5.41, 5.74) is 0. The Labute approximate surface area is 109 Å². The average Bonchev–Trinajstić information content (AvgIpc) is 2.40. The third-order valence-corrected chi connectivity index (χ3v) is 4.41. The number of ether oxygens (including phenoxy) is 1. The second-order valence-electron chi connectivity index (χ2n) is 5.73. The lowest BCUT2D eigenvalue weighted by molar-refractivity contribution is -0.134. The van der Waals surface area contributed by atoms with Crippen molar-refractivity contribution in [2.24, 2.45) is 5.92 Å². The molecular weight excluding hydrogens is 230 g/mol. The Bertz CT molecular complexity index is 268. The molecule has 1 N–H and O–H groups in total. The van der Waals surface area contributed by atoms with Crippen LogP contribution in [0.1, 0.15) is 44.9 Å². The van der Waals surface area contributed by atoms with Crippen molar-refractivity contribution in [3.05, 3.63) is 0 Å². The largest absolute Gasteiger partial charge is 0.393 e. The van der Waals surface area contributed by atoms with E-state index >= 15 is 0 Å². The molecule has 2 fully saturated rings. The summed E-state index contributed by atoms with van der Waals surface area (Å²) in [5.74, 6) is 0.770. The van der Waals surface area contributed by atoms with Crippen LogP contribution in [-0.4, -0.2) is 48.3 Å². The lowest BCUT2D eigenvalue weighted by Gasteiger charge is -2.34. The lowest BCUT2D eigenvalue weighted by Crippen LogP contribution is -2.41. The zero-order chi connectivity index (χ0) is 13.0. The van der Waals surface area contributed by atoms with Gasteiger partial charge in [-0.1, -0.05) is 0 Å². The van der Waals surface area contributed by atoms with Crippen LogP contribution in [0.4, 0.5) is 0 Å². The van der Waals surface area contributed by atoms with Crippen LogP contribution in [0.5, 0.6) is 0 Å². The standard InChI is InChI=1S/C14H25NO3/c1-15(12-2-4-13(16)5-3-12)14(17)10-11-6-8-18-9-7-11/h11-13,16H,2-10H2,1H3. The van der Waals surface area contributed by atoms with Crippen molar-refractivity contribution in [2.45, 2.75) is 57.1 Å². The molecule has 1 aliphatic carbocycles. The highest BCUT2D eigenvalue weighted by molar-refractivity contribution is 5.76. The van der Waals surface area contributed by atoms with E-state index in [1.807, 2.05) is 11.9 Å². The van der Waals surface area contributed by atoms with Gasteiger partial charge in [-0.3, -0.25) is 4.79 Å². The van der Waals surface area contributed by atoms with E-state index in [2.05, 4.69) is 0 Å². The van der Waals surface area contributed by atoms with Crippen LogP contribution < -0.4 is 0 Å². The number of aliphatic hydroxyl groups is 1. The van der Waals surface area contributed by atoms with Crippen molar-refractivity contribution in [1.29, 1.82) is 0 Å². The molecule has 1 saturated carbocycles. The first-order chi connectivity index (χ1) is 8.66. The molecule has 4 heteroatoms. The Balaban J connectivity index is 1.77.